The Hall–Kier alpha value is -2.68. The third kappa shape index (κ3) is 3.93. The minimum Gasteiger partial charge on any atom is -0.480 e. The summed E-state index contributed by atoms with van der Waals surface area (Å²) in [7, 11) is 0. The molecule has 0 bridgehead atoms. The van der Waals surface area contributed by atoms with E-state index in [4.69, 9.17) is 26.6 Å². The van der Waals surface area contributed by atoms with Gasteiger partial charge in [0, 0.05) is 16.6 Å². The molecule has 2 aromatic heterocycles. The summed E-state index contributed by atoms with van der Waals surface area (Å²) in [6.45, 7) is -0.696. The number of carboxylic acids is 1. The van der Waals surface area contributed by atoms with Crippen LogP contribution in [0.3, 0.4) is 0 Å². The highest BCUT2D eigenvalue weighted by atomic mass is 35.5. The van der Waals surface area contributed by atoms with Gasteiger partial charge in [-0.25, -0.2) is 4.79 Å². The highest BCUT2D eigenvalue weighted by Crippen LogP contribution is 2.34. The van der Waals surface area contributed by atoms with Crippen molar-refractivity contribution in [1.29, 1.82) is 0 Å². The summed E-state index contributed by atoms with van der Waals surface area (Å²) in [5, 5.41) is 21.5. The van der Waals surface area contributed by atoms with Crippen molar-refractivity contribution < 1.29 is 24.5 Å². The predicted molar refractivity (Wildman–Crippen MR) is 97.1 cm³/mol. The molecule has 9 heteroatoms. The summed E-state index contributed by atoms with van der Waals surface area (Å²) in [6, 6.07) is 7.03. The molecule has 3 rings (SSSR count). The van der Waals surface area contributed by atoms with E-state index in [1.165, 1.54) is 6.20 Å². The fourth-order valence-electron chi connectivity index (χ4n) is 2.17. The monoisotopic (exact) mass is 392 g/mol. The normalized spacial score (nSPS) is 11.9. The second-order valence-corrected chi connectivity index (χ2v) is 6.78. The molecule has 26 heavy (non-hydrogen) atoms. The van der Waals surface area contributed by atoms with Crippen LogP contribution in [0.15, 0.2) is 42.7 Å². The van der Waals surface area contributed by atoms with Crippen LogP contribution < -0.4 is 10.1 Å². The molecule has 1 aromatic carbocycles. The first-order chi connectivity index (χ1) is 12.5. The lowest BCUT2D eigenvalue weighted by Gasteiger charge is -2.10. The number of carbonyl (C=O) groups excluding carboxylic acids is 1. The maximum Gasteiger partial charge on any atom is 0.328 e. The van der Waals surface area contributed by atoms with Gasteiger partial charge < -0.3 is 20.3 Å². The van der Waals surface area contributed by atoms with E-state index in [1.807, 2.05) is 0 Å². The number of aromatic nitrogens is 1. The maximum atomic E-state index is 12.2. The van der Waals surface area contributed by atoms with E-state index in [1.54, 1.807) is 36.5 Å². The van der Waals surface area contributed by atoms with Crippen molar-refractivity contribution in [3.8, 4) is 11.5 Å². The van der Waals surface area contributed by atoms with Crippen molar-refractivity contribution >= 4 is 44.9 Å². The number of aliphatic hydroxyl groups is 1. The largest absolute Gasteiger partial charge is 0.480 e. The summed E-state index contributed by atoms with van der Waals surface area (Å²) in [6.07, 6.45) is 3.12. The number of hydrogen-bond donors (Lipinski definition) is 3. The molecular weight excluding hydrogens is 380 g/mol. The first-order valence-electron chi connectivity index (χ1n) is 7.43. The van der Waals surface area contributed by atoms with Gasteiger partial charge in [-0.1, -0.05) is 11.6 Å². The van der Waals surface area contributed by atoms with Crippen molar-refractivity contribution in [2.45, 2.75) is 6.04 Å². The van der Waals surface area contributed by atoms with E-state index in [-0.39, 0.29) is 4.88 Å². The van der Waals surface area contributed by atoms with Crippen LogP contribution in [0.2, 0.25) is 5.02 Å². The summed E-state index contributed by atoms with van der Waals surface area (Å²) in [5.74, 6) is -0.885. The molecule has 3 N–H and O–H groups in total. The zero-order valence-corrected chi connectivity index (χ0v) is 14.8. The van der Waals surface area contributed by atoms with Crippen molar-refractivity contribution in [3.63, 3.8) is 0 Å². The van der Waals surface area contributed by atoms with E-state index in [2.05, 4.69) is 10.3 Å². The number of nitrogens with zero attached hydrogens (tertiary/aromatic N) is 1. The SMILES string of the molecule is O=C(N[C@H](CO)C(=O)O)c1cc2c(Oc3ccc(Cl)cc3)cncc2s1. The number of halogens is 1. The maximum absolute atomic E-state index is 12.2. The standard InChI is InChI=1S/C17H13ClN2O5S/c18-9-1-3-10(4-2-9)25-13-6-19-7-15-11(13)5-14(26-15)16(22)20-12(8-21)17(23)24/h1-7,12,21H,8H2,(H,20,22)(H,23,24)/t12-/m1/s1. The Morgan fingerprint density at radius 3 is 2.65 bits per heavy atom. The molecular formula is C17H13ClN2O5S. The van der Waals surface area contributed by atoms with Crippen LogP contribution in [0.25, 0.3) is 10.1 Å². The van der Waals surface area contributed by atoms with Gasteiger partial charge in [-0.2, -0.15) is 0 Å². The van der Waals surface area contributed by atoms with Gasteiger partial charge in [0.25, 0.3) is 5.91 Å². The van der Waals surface area contributed by atoms with Crippen molar-refractivity contribution in [2.75, 3.05) is 6.61 Å². The Bertz CT molecular complexity index is 957. The molecule has 0 saturated heterocycles. The van der Waals surface area contributed by atoms with Gasteiger partial charge in [-0.05, 0) is 30.3 Å². The van der Waals surface area contributed by atoms with Crippen LogP contribution in [0, 0.1) is 0 Å². The number of pyridine rings is 1. The smallest absolute Gasteiger partial charge is 0.328 e. The number of carbonyl (C=O) groups is 2. The highest BCUT2D eigenvalue weighted by molar-refractivity contribution is 7.20. The number of carboxylic acid groups (broad SMARTS) is 1. The van der Waals surface area contributed by atoms with E-state index in [0.717, 1.165) is 11.3 Å². The molecule has 0 unspecified atom stereocenters. The highest BCUT2D eigenvalue weighted by Gasteiger charge is 2.21. The average Bonchev–Trinajstić information content (AvgIpc) is 3.06. The van der Waals surface area contributed by atoms with Gasteiger partial charge in [-0.15, -0.1) is 11.3 Å². The van der Waals surface area contributed by atoms with E-state index in [0.29, 0.717) is 26.6 Å². The average molecular weight is 393 g/mol. The van der Waals surface area contributed by atoms with Crippen LogP contribution in [-0.2, 0) is 4.79 Å². The molecule has 0 radical (unpaired) electrons. The number of hydrogen-bond acceptors (Lipinski definition) is 6. The van der Waals surface area contributed by atoms with Crippen LogP contribution >= 0.6 is 22.9 Å². The third-order valence-electron chi connectivity index (χ3n) is 3.46. The van der Waals surface area contributed by atoms with Crippen molar-refractivity contribution in [3.05, 3.63) is 52.6 Å². The Morgan fingerprint density at radius 1 is 1.27 bits per heavy atom. The Labute approximate surface area is 156 Å². The van der Waals surface area contributed by atoms with Gasteiger partial charge in [0.1, 0.15) is 5.75 Å². The number of aliphatic hydroxyl groups excluding tert-OH is 1. The molecule has 0 aliphatic rings. The molecule has 0 aliphatic carbocycles. The lowest BCUT2D eigenvalue weighted by Crippen LogP contribution is -2.43. The molecule has 3 aromatic rings. The molecule has 7 nitrogen and oxygen atoms in total. The number of nitrogens with one attached hydrogen (secondary N) is 1. The number of rotatable bonds is 6. The second-order valence-electron chi connectivity index (χ2n) is 5.26. The van der Waals surface area contributed by atoms with E-state index < -0.39 is 24.5 Å². The Morgan fingerprint density at radius 2 is 2.00 bits per heavy atom. The summed E-state index contributed by atoms with van der Waals surface area (Å²) in [4.78, 5) is 27.6. The van der Waals surface area contributed by atoms with Crippen molar-refractivity contribution in [1.82, 2.24) is 10.3 Å². The zero-order valence-electron chi connectivity index (χ0n) is 13.2. The molecule has 134 valence electrons. The van der Waals surface area contributed by atoms with Crippen LogP contribution in [0.5, 0.6) is 11.5 Å². The predicted octanol–water partition coefficient (Wildman–Crippen LogP) is 2.92. The van der Waals surface area contributed by atoms with Gasteiger partial charge in [0.2, 0.25) is 0 Å². The van der Waals surface area contributed by atoms with E-state index in [9.17, 15) is 9.59 Å². The molecule has 0 spiro atoms. The number of fused-ring (bicyclic) bond motifs is 1. The number of aliphatic carboxylic acids is 1. The third-order valence-corrected chi connectivity index (χ3v) is 4.78. The van der Waals surface area contributed by atoms with Crippen LogP contribution in [0.4, 0.5) is 0 Å². The molecule has 1 amide bonds. The zero-order chi connectivity index (χ0) is 18.7. The summed E-state index contributed by atoms with van der Waals surface area (Å²) >= 11 is 7.00. The number of amides is 1. The second kappa shape index (κ2) is 7.69. The van der Waals surface area contributed by atoms with Crippen molar-refractivity contribution in [2.24, 2.45) is 0 Å². The first-order valence-corrected chi connectivity index (χ1v) is 8.63. The molecule has 0 fully saturated rings. The number of benzene rings is 1. The van der Waals surface area contributed by atoms with Crippen LogP contribution in [0.1, 0.15) is 9.67 Å². The Balaban J connectivity index is 1.87. The summed E-state index contributed by atoms with van der Waals surface area (Å²) < 4.78 is 6.51. The summed E-state index contributed by atoms with van der Waals surface area (Å²) in [5.41, 5.74) is 0. The quantitative estimate of drug-likeness (QED) is 0.595. The first kappa shape index (κ1) is 18.1. The molecule has 2 heterocycles. The fourth-order valence-corrected chi connectivity index (χ4v) is 3.25. The lowest BCUT2D eigenvalue weighted by molar-refractivity contribution is -0.140. The number of ether oxygens (including phenoxy) is 1. The molecule has 1 atom stereocenters. The van der Waals surface area contributed by atoms with Gasteiger partial charge in [0.15, 0.2) is 11.8 Å². The molecule has 0 saturated carbocycles. The van der Waals surface area contributed by atoms with Gasteiger partial charge >= 0.3 is 5.97 Å². The lowest BCUT2D eigenvalue weighted by atomic mass is 10.2. The Kier molecular flexibility index (Phi) is 5.36. The van der Waals surface area contributed by atoms with Crippen LogP contribution in [-0.4, -0.2) is 39.7 Å². The van der Waals surface area contributed by atoms with Gasteiger partial charge in [-0.3, -0.25) is 9.78 Å². The minimum absolute atomic E-state index is 0.286. The fraction of sp³-hybridized carbons (Fsp3) is 0.118. The minimum atomic E-state index is -1.37. The van der Waals surface area contributed by atoms with E-state index >= 15 is 0 Å². The molecule has 0 aliphatic heterocycles. The van der Waals surface area contributed by atoms with Gasteiger partial charge in [0.05, 0.1) is 22.4 Å². The number of thiophene rings is 1. The topological polar surface area (TPSA) is 109 Å².